The van der Waals surface area contributed by atoms with E-state index in [9.17, 15) is 14.4 Å². The largest absolute Gasteiger partial charge is 0.481 e. The van der Waals surface area contributed by atoms with Gasteiger partial charge in [-0.3, -0.25) is 19.0 Å². The lowest BCUT2D eigenvalue weighted by atomic mass is 10.1. The molecular formula is C12H13N3O4S. The molecule has 0 aliphatic carbocycles. The fourth-order valence-corrected chi connectivity index (χ4v) is 3.39. The average molecular weight is 295 g/mol. The standard InChI is InChI=1S/C12H13N3O4S/c16-9(14-2-1-7(6-14)11(18)19)8-5-13-12-15(10(8)17)3-4-20-12/h5,7H,1-4,6H2,(H,18,19). The molecule has 0 bridgehead atoms. The number of aromatic nitrogens is 2. The van der Waals surface area contributed by atoms with E-state index in [1.807, 2.05) is 0 Å². The molecule has 1 aromatic heterocycles. The van der Waals surface area contributed by atoms with E-state index in [0.29, 0.717) is 24.7 Å². The first-order chi connectivity index (χ1) is 9.58. The molecule has 0 spiro atoms. The average Bonchev–Trinajstić information content (AvgIpc) is 3.08. The molecule has 20 heavy (non-hydrogen) atoms. The maximum atomic E-state index is 12.3. The summed E-state index contributed by atoms with van der Waals surface area (Å²) in [5.41, 5.74) is -0.300. The van der Waals surface area contributed by atoms with Gasteiger partial charge in [0, 0.05) is 31.6 Å². The highest BCUT2D eigenvalue weighted by atomic mass is 32.2. The van der Waals surface area contributed by atoms with E-state index in [1.165, 1.54) is 27.4 Å². The summed E-state index contributed by atoms with van der Waals surface area (Å²) in [5.74, 6) is -1.08. The monoisotopic (exact) mass is 295 g/mol. The van der Waals surface area contributed by atoms with Crippen molar-refractivity contribution in [1.82, 2.24) is 14.5 Å². The van der Waals surface area contributed by atoms with Gasteiger partial charge in [-0.1, -0.05) is 11.8 Å². The number of carbonyl (C=O) groups is 2. The third kappa shape index (κ3) is 2.09. The number of carbonyl (C=O) groups excluding carboxylic acids is 1. The first kappa shape index (κ1) is 13.2. The van der Waals surface area contributed by atoms with Crippen molar-refractivity contribution in [3.63, 3.8) is 0 Å². The Labute approximate surface area is 118 Å². The molecule has 3 rings (SSSR count). The summed E-state index contributed by atoms with van der Waals surface area (Å²) in [6, 6.07) is 0. The first-order valence-corrected chi connectivity index (χ1v) is 7.31. The van der Waals surface area contributed by atoms with Gasteiger partial charge in [0.25, 0.3) is 11.5 Å². The summed E-state index contributed by atoms with van der Waals surface area (Å²) < 4.78 is 1.50. The van der Waals surface area contributed by atoms with Gasteiger partial charge in [0.05, 0.1) is 5.92 Å². The van der Waals surface area contributed by atoms with Gasteiger partial charge < -0.3 is 10.0 Å². The number of rotatable bonds is 2. The number of hydrogen-bond donors (Lipinski definition) is 1. The number of aliphatic carboxylic acids is 1. The Hall–Kier alpha value is -1.83. The van der Waals surface area contributed by atoms with Gasteiger partial charge in [0.1, 0.15) is 5.56 Å². The number of carboxylic acids is 1. The topological polar surface area (TPSA) is 92.5 Å². The van der Waals surface area contributed by atoms with Crippen molar-refractivity contribution in [3.8, 4) is 0 Å². The van der Waals surface area contributed by atoms with Crippen LogP contribution in [0.2, 0.25) is 0 Å². The van der Waals surface area contributed by atoms with Gasteiger partial charge in [-0.15, -0.1) is 0 Å². The third-order valence-electron chi connectivity index (χ3n) is 3.61. The van der Waals surface area contributed by atoms with Crippen LogP contribution < -0.4 is 5.56 Å². The van der Waals surface area contributed by atoms with E-state index >= 15 is 0 Å². The predicted octanol–water partition coefficient (Wildman–Crippen LogP) is -0.104. The molecular weight excluding hydrogens is 282 g/mol. The van der Waals surface area contributed by atoms with Crippen molar-refractivity contribution in [1.29, 1.82) is 0 Å². The second-order valence-corrected chi connectivity index (χ2v) is 5.90. The predicted molar refractivity (Wildman–Crippen MR) is 70.9 cm³/mol. The van der Waals surface area contributed by atoms with E-state index in [2.05, 4.69) is 4.98 Å². The molecule has 0 radical (unpaired) electrons. The highest BCUT2D eigenvalue weighted by Crippen LogP contribution is 2.22. The zero-order valence-corrected chi connectivity index (χ0v) is 11.4. The van der Waals surface area contributed by atoms with Crippen LogP contribution in [0.15, 0.2) is 16.1 Å². The molecule has 1 aromatic rings. The van der Waals surface area contributed by atoms with Gasteiger partial charge in [-0.05, 0) is 6.42 Å². The maximum Gasteiger partial charge on any atom is 0.308 e. The zero-order valence-electron chi connectivity index (χ0n) is 10.6. The number of amides is 1. The van der Waals surface area contributed by atoms with Crippen molar-refractivity contribution in [3.05, 3.63) is 22.1 Å². The molecule has 7 nitrogen and oxygen atoms in total. The summed E-state index contributed by atoms with van der Waals surface area (Å²) in [5, 5.41) is 9.58. The quantitative estimate of drug-likeness (QED) is 0.766. The Morgan fingerprint density at radius 2 is 2.20 bits per heavy atom. The van der Waals surface area contributed by atoms with Crippen molar-refractivity contribution in [2.75, 3.05) is 18.8 Å². The number of thioether (sulfide) groups is 1. The van der Waals surface area contributed by atoms with Crippen molar-refractivity contribution in [2.24, 2.45) is 5.92 Å². The van der Waals surface area contributed by atoms with Gasteiger partial charge >= 0.3 is 5.97 Å². The minimum Gasteiger partial charge on any atom is -0.481 e. The van der Waals surface area contributed by atoms with Crippen molar-refractivity contribution >= 4 is 23.6 Å². The summed E-state index contributed by atoms with van der Waals surface area (Å²) in [7, 11) is 0. The van der Waals surface area contributed by atoms with Crippen LogP contribution in [0.1, 0.15) is 16.8 Å². The van der Waals surface area contributed by atoms with Crippen molar-refractivity contribution in [2.45, 2.75) is 18.1 Å². The lowest BCUT2D eigenvalue weighted by Crippen LogP contribution is -2.36. The molecule has 8 heteroatoms. The molecule has 3 heterocycles. The number of nitrogens with zero attached hydrogens (tertiary/aromatic N) is 3. The minimum atomic E-state index is -0.902. The molecule has 2 aliphatic heterocycles. The fraction of sp³-hybridized carbons (Fsp3) is 0.500. The van der Waals surface area contributed by atoms with Crippen LogP contribution in [0.5, 0.6) is 0 Å². The van der Waals surface area contributed by atoms with Gasteiger partial charge in [0.15, 0.2) is 5.16 Å². The molecule has 1 unspecified atom stereocenters. The second-order valence-electron chi connectivity index (χ2n) is 4.83. The molecule has 1 amide bonds. The van der Waals surface area contributed by atoms with E-state index < -0.39 is 17.8 Å². The van der Waals surface area contributed by atoms with Crippen LogP contribution in [-0.2, 0) is 11.3 Å². The van der Waals surface area contributed by atoms with Crippen LogP contribution in [-0.4, -0.2) is 50.3 Å². The Morgan fingerprint density at radius 1 is 1.40 bits per heavy atom. The second kappa shape index (κ2) is 4.93. The molecule has 2 aliphatic rings. The maximum absolute atomic E-state index is 12.3. The van der Waals surface area contributed by atoms with Gasteiger partial charge in [-0.25, -0.2) is 4.98 Å². The molecule has 0 saturated carbocycles. The molecule has 1 N–H and O–H groups in total. The molecule has 1 atom stereocenters. The smallest absolute Gasteiger partial charge is 0.308 e. The Morgan fingerprint density at radius 3 is 2.90 bits per heavy atom. The SMILES string of the molecule is O=C(O)C1CCN(C(=O)c2cnc3n(c2=O)CCS3)C1. The van der Waals surface area contributed by atoms with Crippen molar-refractivity contribution < 1.29 is 14.7 Å². The molecule has 1 saturated heterocycles. The van der Waals surface area contributed by atoms with E-state index in [-0.39, 0.29) is 17.7 Å². The van der Waals surface area contributed by atoms with E-state index in [1.54, 1.807) is 0 Å². The Balaban J connectivity index is 1.86. The third-order valence-corrected chi connectivity index (χ3v) is 4.58. The van der Waals surface area contributed by atoms with E-state index in [4.69, 9.17) is 5.11 Å². The Kier molecular flexibility index (Phi) is 3.25. The summed E-state index contributed by atoms with van der Waals surface area (Å²) >= 11 is 1.49. The highest BCUT2D eigenvalue weighted by molar-refractivity contribution is 7.99. The first-order valence-electron chi connectivity index (χ1n) is 6.32. The van der Waals surface area contributed by atoms with Crippen LogP contribution in [0.3, 0.4) is 0 Å². The molecule has 106 valence electrons. The van der Waals surface area contributed by atoms with Gasteiger partial charge in [0.2, 0.25) is 0 Å². The molecule has 0 aromatic carbocycles. The van der Waals surface area contributed by atoms with E-state index in [0.717, 1.165) is 5.75 Å². The number of hydrogen-bond acceptors (Lipinski definition) is 5. The summed E-state index contributed by atoms with van der Waals surface area (Å²) in [6.07, 6.45) is 1.74. The fourth-order valence-electron chi connectivity index (χ4n) is 2.48. The number of likely N-dealkylation sites (tertiary alicyclic amines) is 1. The lowest BCUT2D eigenvalue weighted by Gasteiger charge is -2.15. The lowest BCUT2D eigenvalue weighted by molar-refractivity contribution is -0.141. The van der Waals surface area contributed by atoms with Crippen LogP contribution in [0, 0.1) is 5.92 Å². The minimum absolute atomic E-state index is 0.0299. The zero-order chi connectivity index (χ0) is 14.3. The summed E-state index contributed by atoms with van der Waals surface area (Å²) in [4.78, 5) is 41.0. The molecule has 1 fully saturated rings. The number of fused-ring (bicyclic) bond motifs is 1. The number of carboxylic acid groups (broad SMARTS) is 1. The highest BCUT2D eigenvalue weighted by Gasteiger charge is 2.33. The van der Waals surface area contributed by atoms with Crippen LogP contribution >= 0.6 is 11.8 Å². The normalized spacial score (nSPS) is 21.0. The van der Waals surface area contributed by atoms with Crippen LogP contribution in [0.4, 0.5) is 0 Å². The summed E-state index contributed by atoms with van der Waals surface area (Å²) in [6.45, 7) is 1.08. The Bertz CT molecular complexity index is 642. The van der Waals surface area contributed by atoms with Crippen LogP contribution in [0.25, 0.3) is 0 Å². The van der Waals surface area contributed by atoms with Gasteiger partial charge in [-0.2, -0.15) is 0 Å².